The molecule has 3 N–H and O–H groups in total. The molecule has 2 atom stereocenters. The lowest BCUT2D eigenvalue weighted by atomic mass is 9.56. The number of hydrogen-bond acceptors (Lipinski definition) is 3. The summed E-state index contributed by atoms with van der Waals surface area (Å²) < 4.78 is 1.04. The highest BCUT2D eigenvalue weighted by molar-refractivity contribution is 9.10. The Morgan fingerprint density at radius 3 is 2.61 bits per heavy atom. The number of likely N-dealkylation sites (tertiary alicyclic amines) is 1. The molecule has 33 heavy (non-hydrogen) atoms. The molecule has 4 nitrogen and oxygen atoms in total. The van der Waals surface area contributed by atoms with Gasteiger partial charge in [0.1, 0.15) is 5.75 Å². The van der Waals surface area contributed by atoms with Gasteiger partial charge >= 0.3 is 0 Å². The minimum atomic E-state index is -0.946. The topological polar surface area (TPSA) is 59.5 Å². The van der Waals surface area contributed by atoms with Gasteiger partial charge in [0.15, 0.2) is 0 Å². The van der Waals surface area contributed by atoms with Crippen molar-refractivity contribution in [2.24, 2.45) is 0 Å². The molecule has 2 heterocycles. The molecule has 168 valence electrons. The van der Waals surface area contributed by atoms with Gasteiger partial charge in [-0.3, -0.25) is 4.90 Å². The van der Waals surface area contributed by atoms with Crippen LogP contribution >= 0.6 is 15.9 Å². The molecule has 1 aromatic heterocycles. The number of fused-ring (bicyclic) bond motifs is 4. The van der Waals surface area contributed by atoms with Gasteiger partial charge in [-0.15, -0.1) is 0 Å². The Bertz CT molecular complexity index is 1330. The quantitative estimate of drug-likeness (QED) is 0.355. The number of aromatic amines is 1. The van der Waals surface area contributed by atoms with Crippen molar-refractivity contribution in [3.63, 3.8) is 0 Å². The fourth-order valence-electron chi connectivity index (χ4n) is 6.19. The number of β-amino-alcohol motifs (C(OH)–C–C–N with tert-alkyl or cyclic N) is 1. The van der Waals surface area contributed by atoms with E-state index in [9.17, 15) is 10.2 Å². The maximum atomic E-state index is 12.5. The predicted molar refractivity (Wildman–Crippen MR) is 134 cm³/mol. The first-order valence-corrected chi connectivity index (χ1v) is 12.3. The second kappa shape index (κ2) is 7.73. The molecule has 2 aliphatic rings. The number of rotatable bonds is 3. The number of piperidine rings is 1. The Kier molecular flexibility index (Phi) is 4.91. The van der Waals surface area contributed by atoms with Gasteiger partial charge in [0.25, 0.3) is 0 Å². The van der Waals surface area contributed by atoms with Crippen LogP contribution in [0.2, 0.25) is 0 Å². The normalized spacial score (nSPS) is 25.0. The standard InChI is InChI=1S/C28H27BrN2O2/c29-24-11-5-10-22-23-15-28(33)18-31(17-19-6-2-1-3-7-19)13-12-27(28,16-25(23)30-26(22)24)20-8-4-9-21(32)14-20/h1-11,14,30,32-33H,12-13,15-18H2/t27-,28-/m0/s1. The Balaban J connectivity index is 1.47. The molecular formula is C28H27BrN2O2. The van der Waals surface area contributed by atoms with Gasteiger partial charge < -0.3 is 15.2 Å². The molecular weight excluding hydrogens is 476 g/mol. The van der Waals surface area contributed by atoms with E-state index in [0.717, 1.165) is 41.5 Å². The predicted octanol–water partition coefficient (Wildman–Crippen LogP) is 5.31. The Labute approximate surface area is 202 Å². The van der Waals surface area contributed by atoms with Gasteiger partial charge in [0, 0.05) is 46.9 Å². The number of nitrogens with one attached hydrogen (secondary N) is 1. The van der Waals surface area contributed by atoms with E-state index < -0.39 is 11.0 Å². The molecule has 0 unspecified atom stereocenters. The summed E-state index contributed by atoms with van der Waals surface area (Å²) in [5.74, 6) is 0.251. The van der Waals surface area contributed by atoms with E-state index in [-0.39, 0.29) is 5.75 Å². The van der Waals surface area contributed by atoms with Crippen LogP contribution in [0.3, 0.4) is 0 Å². The minimum absolute atomic E-state index is 0.251. The van der Waals surface area contributed by atoms with Gasteiger partial charge in [-0.05, 0) is 63.8 Å². The van der Waals surface area contributed by atoms with Crippen molar-refractivity contribution >= 4 is 26.8 Å². The molecule has 1 fully saturated rings. The highest BCUT2D eigenvalue weighted by Gasteiger charge is 2.57. The molecule has 0 bridgehead atoms. The van der Waals surface area contributed by atoms with Crippen molar-refractivity contribution in [1.29, 1.82) is 0 Å². The number of aromatic nitrogens is 1. The molecule has 0 amide bonds. The number of benzene rings is 3. The minimum Gasteiger partial charge on any atom is -0.508 e. The van der Waals surface area contributed by atoms with Crippen molar-refractivity contribution < 1.29 is 10.2 Å². The van der Waals surface area contributed by atoms with Crippen LogP contribution < -0.4 is 0 Å². The smallest absolute Gasteiger partial charge is 0.115 e. The second-order valence-electron chi connectivity index (χ2n) is 9.71. The van der Waals surface area contributed by atoms with Crippen molar-refractivity contribution in [2.75, 3.05) is 13.1 Å². The lowest BCUT2D eigenvalue weighted by Gasteiger charge is -2.56. The number of aromatic hydroxyl groups is 1. The van der Waals surface area contributed by atoms with Gasteiger partial charge in [0.2, 0.25) is 0 Å². The van der Waals surface area contributed by atoms with Crippen molar-refractivity contribution in [3.8, 4) is 5.75 Å². The fourth-order valence-corrected chi connectivity index (χ4v) is 6.66. The van der Waals surface area contributed by atoms with Gasteiger partial charge in [-0.25, -0.2) is 0 Å². The lowest BCUT2D eigenvalue weighted by Crippen LogP contribution is -2.66. The first-order chi connectivity index (χ1) is 16.0. The van der Waals surface area contributed by atoms with Crippen molar-refractivity contribution in [3.05, 3.63) is 99.7 Å². The lowest BCUT2D eigenvalue weighted by molar-refractivity contribution is -0.105. The first kappa shape index (κ1) is 21.0. The zero-order valence-corrected chi connectivity index (χ0v) is 20.0. The van der Waals surface area contributed by atoms with Crippen molar-refractivity contribution in [2.45, 2.75) is 36.8 Å². The zero-order valence-electron chi connectivity index (χ0n) is 18.4. The number of hydrogen-bond donors (Lipinski definition) is 3. The molecule has 1 aliphatic carbocycles. The monoisotopic (exact) mass is 502 g/mol. The summed E-state index contributed by atoms with van der Waals surface area (Å²) >= 11 is 3.69. The summed E-state index contributed by atoms with van der Waals surface area (Å²) in [4.78, 5) is 6.04. The maximum Gasteiger partial charge on any atom is 0.115 e. The summed E-state index contributed by atoms with van der Waals surface area (Å²) in [6.45, 7) is 2.31. The molecule has 0 saturated carbocycles. The van der Waals surface area contributed by atoms with E-state index in [1.807, 2.05) is 18.2 Å². The largest absolute Gasteiger partial charge is 0.508 e. The molecule has 3 aromatic carbocycles. The van der Waals surface area contributed by atoms with E-state index in [2.05, 4.69) is 74.3 Å². The average Bonchev–Trinajstić information content (AvgIpc) is 3.16. The summed E-state index contributed by atoms with van der Waals surface area (Å²) in [5, 5.41) is 24.0. The molecule has 1 aliphatic heterocycles. The first-order valence-electron chi connectivity index (χ1n) is 11.5. The van der Waals surface area contributed by atoms with E-state index in [0.29, 0.717) is 13.0 Å². The van der Waals surface area contributed by atoms with Crippen LogP contribution in [-0.4, -0.2) is 38.8 Å². The average molecular weight is 503 g/mol. The third-order valence-corrected chi connectivity index (χ3v) is 8.47. The summed E-state index contributed by atoms with van der Waals surface area (Å²) in [7, 11) is 0. The van der Waals surface area contributed by atoms with Crippen LogP contribution in [0.1, 0.15) is 28.8 Å². The fraction of sp³-hybridized carbons (Fsp3) is 0.286. The van der Waals surface area contributed by atoms with Crippen LogP contribution in [0, 0.1) is 0 Å². The van der Waals surface area contributed by atoms with E-state index in [4.69, 9.17) is 0 Å². The van der Waals surface area contributed by atoms with Gasteiger partial charge in [-0.2, -0.15) is 0 Å². The van der Waals surface area contributed by atoms with Crippen LogP contribution in [0.25, 0.3) is 10.9 Å². The molecule has 4 aromatic rings. The molecule has 0 spiro atoms. The molecule has 1 saturated heterocycles. The van der Waals surface area contributed by atoms with Gasteiger partial charge in [0.05, 0.1) is 11.1 Å². The van der Waals surface area contributed by atoms with Crippen molar-refractivity contribution in [1.82, 2.24) is 9.88 Å². The number of H-pyrrole nitrogens is 1. The second-order valence-corrected chi connectivity index (χ2v) is 10.6. The Hall–Kier alpha value is -2.60. The number of halogens is 1. The van der Waals surface area contributed by atoms with Gasteiger partial charge in [-0.1, -0.05) is 54.6 Å². The van der Waals surface area contributed by atoms with Crippen LogP contribution in [0.4, 0.5) is 0 Å². The van der Waals surface area contributed by atoms with Crippen LogP contribution in [0.15, 0.2) is 77.3 Å². The van der Waals surface area contributed by atoms with Crippen LogP contribution in [-0.2, 0) is 24.8 Å². The van der Waals surface area contributed by atoms with E-state index >= 15 is 0 Å². The Morgan fingerprint density at radius 1 is 0.970 bits per heavy atom. The number of aliphatic hydroxyl groups is 1. The number of phenolic OH excluding ortho intramolecular Hbond substituents is 1. The number of para-hydroxylation sites is 1. The summed E-state index contributed by atoms with van der Waals surface area (Å²) in [5.41, 5.74) is 4.38. The number of nitrogens with zero attached hydrogens (tertiary/aromatic N) is 1. The molecule has 6 rings (SSSR count). The molecule has 5 heteroatoms. The van der Waals surface area contributed by atoms with E-state index in [1.165, 1.54) is 22.2 Å². The highest BCUT2D eigenvalue weighted by atomic mass is 79.9. The summed E-state index contributed by atoms with van der Waals surface area (Å²) in [6.07, 6.45) is 2.14. The highest BCUT2D eigenvalue weighted by Crippen LogP contribution is 2.52. The third-order valence-electron chi connectivity index (χ3n) is 7.81. The Morgan fingerprint density at radius 2 is 1.79 bits per heavy atom. The summed E-state index contributed by atoms with van der Waals surface area (Å²) in [6, 6.07) is 24.3. The van der Waals surface area contributed by atoms with E-state index in [1.54, 1.807) is 6.07 Å². The molecule has 0 radical (unpaired) electrons. The third kappa shape index (κ3) is 3.33. The van der Waals surface area contributed by atoms with Crippen LogP contribution in [0.5, 0.6) is 5.75 Å². The zero-order chi connectivity index (χ0) is 22.6. The SMILES string of the molecule is Oc1cccc([C@@]23CCN(Cc4ccccc4)C[C@@]2(O)Cc2c([nH]c4c(Br)cccc24)C3)c1. The number of phenols is 1. The maximum absolute atomic E-state index is 12.5.